The van der Waals surface area contributed by atoms with Crippen molar-refractivity contribution in [2.45, 2.75) is 32.5 Å². The van der Waals surface area contributed by atoms with Crippen molar-refractivity contribution in [2.75, 3.05) is 6.61 Å². The number of rotatable bonds is 1. The number of nitrogens with one attached hydrogen (secondary N) is 2. The van der Waals surface area contributed by atoms with Gasteiger partial charge in [0.15, 0.2) is 0 Å². The molecule has 1 fully saturated rings. The maximum absolute atomic E-state index is 11.2. The fraction of sp³-hybridized carbons (Fsp3) is 0.750. The summed E-state index contributed by atoms with van der Waals surface area (Å²) in [7, 11) is 0. The van der Waals surface area contributed by atoms with Gasteiger partial charge in [0.05, 0.1) is 0 Å². The third kappa shape index (κ3) is 3.51. The molecule has 0 aliphatic carbocycles. The third-order valence-corrected chi connectivity index (χ3v) is 1.36. The summed E-state index contributed by atoms with van der Waals surface area (Å²) in [6.07, 6.45) is -1.61. The third-order valence-electron chi connectivity index (χ3n) is 1.36. The summed E-state index contributed by atoms with van der Waals surface area (Å²) < 4.78 is 9.55. The van der Waals surface area contributed by atoms with Crippen molar-refractivity contribution in [1.82, 2.24) is 10.6 Å². The molecule has 0 aromatic rings. The summed E-state index contributed by atoms with van der Waals surface area (Å²) >= 11 is 0. The molecule has 0 aromatic carbocycles. The quantitative estimate of drug-likeness (QED) is 0.652. The Hall–Kier alpha value is -1.46. The van der Waals surface area contributed by atoms with Crippen molar-refractivity contribution in [2.24, 2.45) is 0 Å². The lowest BCUT2D eigenvalue weighted by molar-refractivity contribution is 0.0495. The normalized spacial score (nSPS) is 21.1. The van der Waals surface area contributed by atoms with E-state index in [0.717, 1.165) is 0 Å². The molecule has 1 aliphatic rings. The van der Waals surface area contributed by atoms with Gasteiger partial charge >= 0.3 is 12.2 Å². The molecule has 6 nitrogen and oxygen atoms in total. The molecule has 0 aromatic heterocycles. The lowest BCUT2D eigenvalue weighted by Gasteiger charge is -2.20. The van der Waals surface area contributed by atoms with Crippen molar-refractivity contribution in [1.29, 1.82) is 0 Å². The molecule has 1 atom stereocenters. The summed E-state index contributed by atoms with van der Waals surface area (Å²) in [5.74, 6) is 0. The van der Waals surface area contributed by atoms with Crippen LogP contribution in [0, 0.1) is 0 Å². The summed E-state index contributed by atoms with van der Waals surface area (Å²) in [6, 6.07) is 0. The Labute approximate surface area is 81.9 Å². The predicted octanol–water partition coefficient (Wildman–Crippen LogP) is 0.577. The minimum Gasteiger partial charge on any atom is -0.445 e. The molecule has 0 spiro atoms. The maximum Gasteiger partial charge on any atom is 0.409 e. The first kappa shape index (κ1) is 10.6. The number of alkyl carbamates (subject to hydrolysis) is 2. The molecule has 2 N–H and O–H groups in total. The van der Waals surface area contributed by atoms with Gasteiger partial charge in [-0.25, -0.2) is 9.59 Å². The molecule has 0 bridgehead atoms. The molecular weight excluding hydrogens is 188 g/mol. The van der Waals surface area contributed by atoms with Crippen LogP contribution in [-0.4, -0.2) is 30.6 Å². The van der Waals surface area contributed by atoms with Crippen molar-refractivity contribution in [3.05, 3.63) is 0 Å². The van der Waals surface area contributed by atoms with Crippen LogP contribution in [0.15, 0.2) is 0 Å². The second-order valence-corrected chi connectivity index (χ2v) is 3.94. The lowest BCUT2D eigenvalue weighted by Crippen LogP contribution is -2.45. The average molecular weight is 202 g/mol. The zero-order chi connectivity index (χ0) is 10.8. The first-order valence-electron chi connectivity index (χ1n) is 4.29. The highest BCUT2D eigenvalue weighted by molar-refractivity contribution is 5.72. The summed E-state index contributed by atoms with van der Waals surface area (Å²) in [6.45, 7) is 5.40. The molecule has 80 valence electrons. The van der Waals surface area contributed by atoms with Gasteiger partial charge in [-0.3, -0.25) is 10.6 Å². The minimum atomic E-state index is -0.576. The smallest absolute Gasteiger partial charge is 0.409 e. The highest BCUT2D eigenvalue weighted by Gasteiger charge is 2.25. The molecule has 6 heteroatoms. The molecule has 1 aliphatic heterocycles. The first-order chi connectivity index (χ1) is 6.37. The van der Waals surface area contributed by atoms with Gasteiger partial charge in [0, 0.05) is 0 Å². The van der Waals surface area contributed by atoms with E-state index in [1.54, 1.807) is 20.8 Å². The van der Waals surface area contributed by atoms with Gasteiger partial charge in [-0.2, -0.15) is 0 Å². The van der Waals surface area contributed by atoms with Gasteiger partial charge in [-0.15, -0.1) is 0 Å². The standard InChI is InChI=1S/C8H14N2O4/c1-8(2,3)14-7(12)10-5-4-13-6(11)9-5/h5H,4H2,1-3H3,(H,9,11)(H,10,12). The summed E-state index contributed by atoms with van der Waals surface area (Å²) in [5.41, 5.74) is -0.548. The van der Waals surface area contributed by atoms with Crippen molar-refractivity contribution >= 4 is 12.2 Å². The Morgan fingerprint density at radius 3 is 2.71 bits per heavy atom. The van der Waals surface area contributed by atoms with Crippen molar-refractivity contribution in [3.63, 3.8) is 0 Å². The first-order valence-corrected chi connectivity index (χ1v) is 4.29. The fourth-order valence-corrected chi connectivity index (χ4v) is 0.912. The predicted molar refractivity (Wildman–Crippen MR) is 47.6 cm³/mol. The monoisotopic (exact) mass is 202 g/mol. The van der Waals surface area contributed by atoms with Crippen LogP contribution in [0.5, 0.6) is 0 Å². The molecule has 1 heterocycles. The van der Waals surface area contributed by atoms with E-state index in [2.05, 4.69) is 15.4 Å². The summed E-state index contributed by atoms with van der Waals surface area (Å²) in [5, 5.41) is 4.85. The van der Waals surface area contributed by atoms with E-state index in [-0.39, 0.29) is 6.61 Å². The van der Waals surface area contributed by atoms with Crippen LogP contribution in [0.4, 0.5) is 9.59 Å². The van der Waals surface area contributed by atoms with Gasteiger partial charge in [-0.1, -0.05) is 0 Å². The van der Waals surface area contributed by atoms with Gasteiger partial charge in [0.1, 0.15) is 18.4 Å². The molecule has 14 heavy (non-hydrogen) atoms. The minimum absolute atomic E-state index is 0.123. The Morgan fingerprint density at radius 1 is 1.64 bits per heavy atom. The number of carbonyl (C=O) groups excluding carboxylic acids is 2. The van der Waals surface area contributed by atoms with Crippen LogP contribution in [0.2, 0.25) is 0 Å². The second-order valence-electron chi connectivity index (χ2n) is 3.94. The number of hydrogen-bond donors (Lipinski definition) is 2. The van der Waals surface area contributed by atoms with E-state index in [9.17, 15) is 9.59 Å². The number of hydrogen-bond acceptors (Lipinski definition) is 4. The number of amides is 2. The van der Waals surface area contributed by atoms with E-state index in [0.29, 0.717) is 0 Å². The van der Waals surface area contributed by atoms with Gasteiger partial charge < -0.3 is 9.47 Å². The van der Waals surface area contributed by atoms with Gasteiger partial charge in [0.25, 0.3) is 0 Å². The van der Waals surface area contributed by atoms with Crippen LogP contribution < -0.4 is 10.6 Å². The van der Waals surface area contributed by atoms with Crippen molar-refractivity contribution in [3.8, 4) is 0 Å². The Bertz CT molecular complexity index is 246. The molecule has 1 unspecified atom stereocenters. The van der Waals surface area contributed by atoms with Crippen LogP contribution in [-0.2, 0) is 9.47 Å². The molecular formula is C8H14N2O4. The van der Waals surface area contributed by atoms with E-state index in [1.165, 1.54) is 0 Å². The second kappa shape index (κ2) is 3.73. The largest absolute Gasteiger partial charge is 0.445 e. The zero-order valence-corrected chi connectivity index (χ0v) is 8.42. The van der Waals surface area contributed by atoms with E-state index >= 15 is 0 Å². The van der Waals surface area contributed by atoms with Crippen LogP contribution >= 0.6 is 0 Å². The molecule has 1 saturated heterocycles. The maximum atomic E-state index is 11.2. The summed E-state index contributed by atoms with van der Waals surface area (Å²) in [4.78, 5) is 21.8. The topological polar surface area (TPSA) is 76.7 Å². The fourth-order valence-electron chi connectivity index (χ4n) is 0.912. The van der Waals surface area contributed by atoms with E-state index < -0.39 is 24.0 Å². The Morgan fingerprint density at radius 2 is 2.29 bits per heavy atom. The molecule has 1 rings (SSSR count). The van der Waals surface area contributed by atoms with Crippen LogP contribution in [0.1, 0.15) is 20.8 Å². The average Bonchev–Trinajstić information content (AvgIpc) is 2.30. The van der Waals surface area contributed by atoms with Crippen molar-refractivity contribution < 1.29 is 19.1 Å². The lowest BCUT2D eigenvalue weighted by atomic mass is 10.2. The van der Waals surface area contributed by atoms with Gasteiger partial charge in [0.2, 0.25) is 0 Å². The zero-order valence-electron chi connectivity index (χ0n) is 8.42. The van der Waals surface area contributed by atoms with Crippen LogP contribution in [0.3, 0.4) is 0 Å². The Balaban J connectivity index is 2.31. The van der Waals surface area contributed by atoms with Crippen LogP contribution in [0.25, 0.3) is 0 Å². The van der Waals surface area contributed by atoms with E-state index in [4.69, 9.17) is 4.74 Å². The molecule has 0 saturated carbocycles. The number of cyclic esters (lactones) is 1. The van der Waals surface area contributed by atoms with E-state index in [1.807, 2.05) is 0 Å². The molecule has 0 radical (unpaired) electrons. The SMILES string of the molecule is CC(C)(C)OC(=O)NC1COC(=O)N1. The molecule has 2 amide bonds. The highest BCUT2D eigenvalue weighted by atomic mass is 16.6. The highest BCUT2D eigenvalue weighted by Crippen LogP contribution is 2.07. The number of carbonyl (C=O) groups is 2. The number of ether oxygens (including phenoxy) is 2. The van der Waals surface area contributed by atoms with Gasteiger partial charge in [-0.05, 0) is 20.8 Å². The Kier molecular flexibility index (Phi) is 2.83.